The quantitative estimate of drug-likeness (QED) is 0.804. The maximum absolute atomic E-state index is 13.4. The highest BCUT2D eigenvalue weighted by molar-refractivity contribution is 5.69. The van der Waals surface area contributed by atoms with E-state index in [9.17, 15) is 9.18 Å². The second-order valence-electron chi connectivity index (χ2n) is 4.16. The highest BCUT2D eigenvalue weighted by atomic mass is 19.1. The molecule has 1 aromatic heterocycles. The number of hydrogen-bond donors (Lipinski definition) is 2. The monoisotopic (exact) mass is 214 g/mol. The molecule has 0 spiro atoms. The van der Waals surface area contributed by atoms with Gasteiger partial charge in [0.1, 0.15) is 11.5 Å². The number of imidazole rings is 1. The topological polar surface area (TPSA) is 66.0 Å². The Morgan fingerprint density at radius 1 is 1.73 bits per heavy atom. The molecule has 0 aromatic carbocycles. The Morgan fingerprint density at radius 3 is 2.73 bits per heavy atom. The van der Waals surface area contributed by atoms with Crippen molar-refractivity contribution in [2.75, 3.05) is 0 Å². The lowest BCUT2D eigenvalue weighted by atomic mass is 10.1. The fraction of sp³-hybridized carbons (Fsp3) is 0.600. The molecule has 0 saturated carbocycles. The molecule has 0 bridgehead atoms. The number of nitrogens with one attached hydrogen (secondary N) is 1. The van der Waals surface area contributed by atoms with Gasteiger partial charge >= 0.3 is 5.97 Å². The minimum atomic E-state index is -1.47. The number of carboxylic acid groups (broad SMARTS) is 1. The minimum Gasteiger partial charge on any atom is -0.481 e. The highest BCUT2D eigenvalue weighted by Crippen LogP contribution is 2.22. The van der Waals surface area contributed by atoms with Crippen molar-refractivity contribution in [1.29, 1.82) is 0 Å². The Labute approximate surface area is 87.5 Å². The summed E-state index contributed by atoms with van der Waals surface area (Å²) in [5, 5.41) is 8.69. The molecule has 0 aliphatic carbocycles. The van der Waals surface area contributed by atoms with Gasteiger partial charge in [-0.15, -0.1) is 0 Å². The van der Waals surface area contributed by atoms with E-state index in [1.54, 1.807) is 6.92 Å². The van der Waals surface area contributed by atoms with Crippen LogP contribution in [0.1, 0.15) is 32.3 Å². The zero-order valence-corrected chi connectivity index (χ0v) is 9.04. The van der Waals surface area contributed by atoms with Gasteiger partial charge < -0.3 is 10.1 Å². The summed E-state index contributed by atoms with van der Waals surface area (Å²) in [6.45, 7) is 4.43. The van der Waals surface area contributed by atoms with Crippen molar-refractivity contribution in [3.8, 4) is 0 Å². The van der Waals surface area contributed by atoms with Gasteiger partial charge in [0.2, 0.25) is 0 Å². The van der Waals surface area contributed by atoms with Crippen LogP contribution in [0.15, 0.2) is 6.20 Å². The number of H-pyrrole nitrogens is 1. The van der Waals surface area contributed by atoms with Crippen LogP contribution in [0.3, 0.4) is 0 Å². The predicted molar refractivity (Wildman–Crippen MR) is 53.2 cm³/mol. The van der Waals surface area contributed by atoms with E-state index in [1.807, 2.05) is 0 Å². The van der Waals surface area contributed by atoms with Gasteiger partial charge in [-0.3, -0.25) is 4.79 Å². The number of aliphatic carboxylic acids is 1. The number of nitrogens with zero attached hydrogens (tertiary/aromatic N) is 1. The molecule has 0 saturated heterocycles. The molecule has 0 fully saturated rings. The normalized spacial score (nSPS) is 13.9. The number of hydrogen-bond acceptors (Lipinski definition) is 2. The van der Waals surface area contributed by atoms with Gasteiger partial charge in [-0.05, 0) is 13.8 Å². The molecule has 1 aromatic rings. The molecular weight excluding hydrogens is 199 g/mol. The smallest absolute Gasteiger partial charge is 0.306 e. The molecule has 84 valence electrons. The van der Waals surface area contributed by atoms with Crippen molar-refractivity contribution in [3.05, 3.63) is 17.7 Å². The maximum Gasteiger partial charge on any atom is 0.306 e. The summed E-state index contributed by atoms with van der Waals surface area (Å²) in [6.07, 6.45) is 1.69. The Kier molecular flexibility index (Phi) is 3.12. The van der Waals surface area contributed by atoms with Gasteiger partial charge in [0.15, 0.2) is 0 Å². The predicted octanol–water partition coefficient (Wildman–Crippen LogP) is 1.88. The number of halogens is 1. The fourth-order valence-electron chi connectivity index (χ4n) is 1.15. The molecule has 4 nitrogen and oxygen atoms in total. The second kappa shape index (κ2) is 4.00. The number of aromatic nitrogens is 2. The summed E-state index contributed by atoms with van der Waals surface area (Å²) in [7, 11) is 0. The number of carboxylic acids is 1. The first-order valence-corrected chi connectivity index (χ1v) is 4.77. The van der Waals surface area contributed by atoms with Crippen molar-refractivity contribution < 1.29 is 14.3 Å². The number of aromatic amines is 1. The molecule has 0 aliphatic heterocycles. The van der Waals surface area contributed by atoms with Crippen LogP contribution in [-0.2, 0) is 16.9 Å². The SMILES string of the molecule is CC(Cc1ncc(C(C)(C)F)[nH]1)C(=O)O. The number of carbonyl (C=O) groups is 1. The summed E-state index contributed by atoms with van der Waals surface area (Å²) in [5.41, 5.74) is -1.10. The van der Waals surface area contributed by atoms with E-state index in [4.69, 9.17) is 5.11 Å². The van der Waals surface area contributed by atoms with Gasteiger partial charge in [-0.25, -0.2) is 9.37 Å². The molecule has 1 heterocycles. The Hall–Kier alpha value is -1.39. The minimum absolute atomic E-state index is 0.283. The standard InChI is InChI=1S/C10H15FN2O2/c1-6(9(14)15)4-8-12-5-7(13-8)10(2,3)11/h5-6H,4H2,1-3H3,(H,12,13)(H,14,15). The first kappa shape index (κ1) is 11.7. The van der Waals surface area contributed by atoms with E-state index < -0.39 is 17.6 Å². The first-order chi connectivity index (χ1) is 6.80. The number of rotatable bonds is 4. The van der Waals surface area contributed by atoms with Gasteiger partial charge in [-0.2, -0.15) is 0 Å². The largest absolute Gasteiger partial charge is 0.481 e. The van der Waals surface area contributed by atoms with E-state index in [1.165, 1.54) is 20.0 Å². The van der Waals surface area contributed by atoms with Crippen molar-refractivity contribution in [2.45, 2.75) is 32.9 Å². The van der Waals surface area contributed by atoms with Crippen LogP contribution in [0.4, 0.5) is 4.39 Å². The van der Waals surface area contributed by atoms with Crippen LogP contribution < -0.4 is 0 Å². The molecule has 1 unspecified atom stereocenters. The maximum atomic E-state index is 13.4. The van der Waals surface area contributed by atoms with Crippen molar-refractivity contribution in [2.24, 2.45) is 5.92 Å². The van der Waals surface area contributed by atoms with Crippen LogP contribution in [0.25, 0.3) is 0 Å². The molecular formula is C10H15FN2O2. The third-order valence-electron chi connectivity index (χ3n) is 2.19. The zero-order chi connectivity index (χ0) is 11.6. The first-order valence-electron chi connectivity index (χ1n) is 4.77. The Bertz CT molecular complexity index is 355. The summed E-state index contributed by atoms with van der Waals surface area (Å²) in [6, 6.07) is 0. The third kappa shape index (κ3) is 3.04. The fourth-order valence-corrected chi connectivity index (χ4v) is 1.15. The summed E-state index contributed by atoms with van der Waals surface area (Å²) in [4.78, 5) is 17.3. The molecule has 1 atom stereocenters. The molecule has 1 rings (SSSR count). The van der Waals surface area contributed by atoms with E-state index in [0.717, 1.165) is 0 Å². The van der Waals surface area contributed by atoms with Crippen molar-refractivity contribution in [1.82, 2.24) is 9.97 Å². The molecule has 0 amide bonds. The highest BCUT2D eigenvalue weighted by Gasteiger charge is 2.22. The van der Waals surface area contributed by atoms with E-state index >= 15 is 0 Å². The summed E-state index contributed by atoms with van der Waals surface area (Å²) < 4.78 is 13.4. The summed E-state index contributed by atoms with van der Waals surface area (Å²) >= 11 is 0. The number of alkyl halides is 1. The van der Waals surface area contributed by atoms with Crippen molar-refractivity contribution in [3.63, 3.8) is 0 Å². The van der Waals surface area contributed by atoms with Crippen LogP contribution in [-0.4, -0.2) is 21.0 Å². The molecule has 5 heteroatoms. The lowest BCUT2D eigenvalue weighted by Crippen LogP contribution is -2.14. The van der Waals surface area contributed by atoms with E-state index in [-0.39, 0.29) is 6.42 Å². The Morgan fingerprint density at radius 2 is 2.33 bits per heavy atom. The van der Waals surface area contributed by atoms with Gasteiger partial charge in [0.25, 0.3) is 0 Å². The van der Waals surface area contributed by atoms with E-state index in [0.29, 0.717) is 11.5 Å². The molecule has 0 radical (unpaired) electrons. The molecule has 15 heavy (non-hydrogen) atoms. The molecule has 2 N–H and O–H groups in total. The van der Waals surface area contributed by atoms with Crippen molar-refractivity contribution >= 4 is 5.97 Å². The van der Waals surface area contributed by atoms with E-state index in [2.05, 4.69) is 9.97 Å². The molecule has 0 aliphatic rings. The summed E-state index contributed by atoms with van der Waals surface area (Å²) in [5.74, 6) is -0.898. The van der Waals surface area contributed by atoms with Crippen LogP contribution in [0.2, 0.25) is 0 Å². The van der Waals surface area contributed by atoms with Crippen LogP contribution in [0.5, 0.6) is 0 Å². The second-order valence-corrected chi connectivity index (χ2v) is 4.16. The average molecular weight is 214 g/mol. The van der Waals surface area contributed by atoms with Gasteiger partial charge in [-0.1, -0.05) is 6.92 Å². The lowest BCUT2D eigenvalue weighted by Gasteiger charge is -2.10. The van der Waals surface area contributed by atoms with Gasteiger partial charge in [0, 0.05) is 6.42 Å². The Balaban J connectivity index is 2.73. The average Bonchev–Trinajstić information content (AvgIpc) is 2.51. The lowest BCUT2D eigenvalue weighted by molar-refractivity contribution is -0.141. The van der Waals surface area contributed by atoms with Crippen LogP contribution in [0, 0.1) is 5.92 Å². The van der Waals surface area contributed by atoms with Crippen LogP contribution >= 0.6 is 0 Å². The zero-order valence-electron chi connectivity index (χ0n) is 9.04. The third-order valence-corrected chi connectivity index (χ3v) is 2.19. The van der Waals surface area contributed by atoms with Gasteiger partial charge in [0.05, 0.1) is 17.8 Å².